The highest BCUT2D eigenvalue weighted by molar-refractivity contribution is 5.77. The van der Waals surface area contributed by atoms with Crippen LogP contribution >= 0.6 is 0 Å². The number of carbonyl (C=O) groups is 1. The van der Waals surface area contributed by atoms with E-state index < -0.39 is 35.7 Å². The predicted octanol–water partition coefficient (Wildman–Crippen LogP) is 10.1. The molecule has 0 aliphatic carbocycles. The van der Waals surface area contributed by atoms with Crippen molar-refractivity contribution in [1.29, 1.82) is 0 Å². The number of aliphatic hydroxyl groups excluding tert-OH is 2. The molecule has 11 heteroatoms. The minimum Gasteiger partial charge on any atom is -0.387 e. The van der Waals surface area contributed by atoms with Gasteiger partial charge in [-0.3, -0.25) is 4.79 Å². The first-order valence-corrected chi connectivity index (χ1v) is 17.2. The molecule has 0 aromatic heterocycles. The largest absolute Gasteiger partial charge is 0.417 e. The minimum absolute atomic E-state index is 0.113. The van der Waals surface area contributed by atoms with E-state index in [1.54, 1.807) is 36.4 Å². The van der Waals surface area contributed by atoms with Crippen LogP contribution in [0.1, 0.15) is 50.4 Å². The van der Waals surface area contributed by atoms with Crippen LogP contribution in [0.15, 0.2) is 158 Å². The molecule has 0 spiro atoms. The van der Waals surface area contributed by atoms with Crippen LogP contribution in [0.2, 0.25) is 0 Å². The summed E-state index contributed by atoms with van der Waals surface area (Å²) in [5.74, 6) is 0. The number of benzene rings is 6. The minimum atomic E-state index is -4.39. The smallest absolute Gasteiger partial charge is 0.387 e. The average Bonchev–Trinajstić information content (AvgIpc) is 3.21. The quantitative estimate of drug-likeness (QED) is 0.0825. The van der Waals surface area contributed by atoms with E-state index in [4.69, 9.17) is 5.73 Å². The summed E-state index contributed by atoms with van der Waals surface area (Å²) in [4.78, 5) is 10.5. The summed E-state index contributed by atoms with van der Waals surface area (Å²) in [7, 11) is 0. The van der Waals surface area contributed by atoms with Gasteiger partial charge in [-0.25, -0.2) is 0 Å². The molecule has 0 saturated heterocycles. The van der Waals surface area contributed by atoms with E-state index in [9.17, 15) is 41.4 Å². The molecule has 6 aromatic carbocycles. The van der Waals surface area contributed by atoms with Crippen molar-refractivity contribution in [1.82, 2.24) is 5.32 Å². The molecule has 55 heavy (non-hydrogen) atoms. The summed E-state index contributed by atoms with van der Waals surface area (Å²) >= 11 is 0. The molecule has 5 nitrogen and oxygen atoms in total. The van der Waals surface area contributed by atoms with Gasteiger partial charge in [-0.1, -0.05) is 146 Å². The van der Waals surface area contributed by atoms with Gasteiger partial charge in [-0.05, 0) is 51.1 Å². The van der Waals surface area contributed by atoms with Crippen molar-refractivity contribution in [3.8, 4) is 22.3 Å². The zero-order valence-electron chi connectivity index (χ0n) is 29.5. The first-order chi connectivity index (χ1) is 26.3. The van der Waals surface area contributed by atoms with E-state index in [-0.39, 0.29) is 17.7 Å². The lowest BCUT2D eigenvalue weighted by atomic mass is 9.98. The third kappa shape index (κ3) is 12.8. The molecule has 5 N–H and O–H groups in total. The Balaban J connectivity index is 0.000000205. The first kappa shape index (κ1) is 42.2. The van der Waals surface area contributed by atoms with Gasteiger partial charge in [0, 0.05) is 25.2 Å². The van der Waals surface area contributed by atoms with Crippen LogP contribution in [0.3, 0.4) is 0 Å². The van der Waals surface area contributed by atoms with Crippen LogP contribution < -0.4 is 11.1 Å². The van der Waals surface area contributed by atoms with Crippen LogP contribution in [-0.4, -0.2) is 29.6 Å². The zero-order chi connectivity index (χ0) is 39.8. The standard InChI is InChI=1S/C22H20F3NO.C14H9F3O.C8H11NO/c23-22(24,25)20-9-5-4-8-19(20)17-12-10-16(11-13-17)14-26-15-21(27)18-6-2-1-3-7-18;15-14(16,17)13-4-2-1-3-12(13)11-7-5-10(9-18)6-8-11;9-6-8(10)7-4-2-1-3-5-7/h1-13,21,26-27H,14-15H2;1-9H;1-5,8,10H,6,9H2. The topological polar surface area (TPSA) is 95.6 Å². The SMILES string of the molecule is NCC(O)c1ccccc1.O=Cc1ccc(-c2ccccc2C(F)(F)F)cc1.OC(CNCc1ccc(-c2ccccc2C(F)(F)F)cc1)c1ccccc1. The Morgan fingerprint density at radius 2 is 0.945 bits per heavy atom. The Bertz CT molecular complexity index is 2040. The summed E-state index contributed by atoms with van der Waals surface area (Å²) in [6, 6.07) is 42.7. The van der Waals surface area contributed by atoms with Gasteiger partial charge >= 0.3 is 12.4 Å². The highest BCUT2D eigenvalue weighted by Gasteiger charge is 2.34. The summed E-state index contributed by atoms with van der Waals surface area (Å²) in [6.45, 7) is 1.19. The molecule has 6 aromatic rings. The summed E-state index contributed by atoms with van der Waals surface area (Å²) in [6.07, 6.45) is -9.24. The molecule has 0 amide bonds. The van der Waals surface area contributed by atoms with E-state index in [1.165, 1.54) is 48.5 Å². The first-order valence-electron chi connectivity index (χ1n) is 17.2. The maximum Gasteiger partial charge on any atom is 0.417 e. The Kier molecular flexibility index (Phi) is 15.5. The van der Waals surface area contributed by atoms with E-state index in [0.29, 0.717) is 36.1 Å². The average molecular weight is 759 g/mol. The molecule has 286 valence electrons. The number of carbonyl (C=O) groups excluding carboxylic acids is 1. The number of hydrogen-bond donors (Lipinski definition) is 4. The van der Waals surface area contributed by atoms with E-state index in [0.717, 1.165) is 28.8 Å². The second-order valence-corrected chi connectivity index (χ2v) is 12.2. The molecule has 0 aliphatic heterocycles. The number of rotatable bonds is 10. The lowest BCUT2D eigenvalue weighted by molar-refractivity contribution is -0.137. The van der Waals surface area contributed by atoms with Gasteiger partial charge in [0.05, 0.1) is 23.3 Å². The molecule has 0 aliphatic rings. The van der Waals surface area contributed by atoms with Crippen molar-refractivity contribution in [3.05, 3.63) is 191 Å². The van der Waals surface area contributed by atoms with E-state index in [2.05, 4.69) is 5.32 Å². The van der Waals surface area contributed by atoms with Crippen LogP contribution in [0, 0.1) is 0 Å². The van der Waals surface area contributed by atoms with Crippen molar-refractivity contribution >= 4 is 6.29 Å². The molecule has 6 rings (SSSR count). The molecular weight excluding hydrogens is 718 g/mol. The monoisotopic (exact) mass is 758 g/mol. The molecule has 0 radical (unpaired) electrons. The Morgan fingerprint density at radius 1 is 0.545 bits per heavy atom. The van der Waals surface area contributed by atoms with Gasteiger partial charge in [0.1, 0.15) is 6.29 Å². The Labute approximate surface area is 315 Å². The Morgan fingerprint density at radius 3 is 1.36 bits per heavy atom. The zero-order valence-corrected chi connectivity index (χ0v) is 29.5. The number of alkyl halides is 6. The number of halogens is 6. The Hall–Kier alpha value is -5.59. The third-order valence-electron chi connectivity index (χ3n) is 8.35. The number of nitrogens with one attached hydrogen (secondary N) is 1. The van der Waals surface area contributed by atoms with Crippen molar-refractivity contribution in [2.24, 2.45) is 5.73 Å². The van der Waals surface area contributed by atoms with E-state index in [1.807, 2.05) is 60.7 Å². The summed E-state index contributed by atoms with van der Waals surface area (Å²) < 4.78 is 78.0. The fourth-order valence-electron chi connectivity index (χ4n) is 5.47. The highest BCUT2D eigenvalue weighted by atomic mass is 19.4. The number of aliphatic hydroxyl groups is 2. The van der Waals surface area contributed by atoms with Crippen LogP contribution in [-0.2, 0) is 18.9 Å². The van der Waals surface area contributed by atoms with Gasteiger partial charge in [0.2, 0.25) is 0 Å². The van der Waals surface area contributed by atoms with Crippen molar-refractivity contribution in [2.45, 2.75) is 31.1 Å². The third-order valence-corrected chi connectivity index (χ3v) is 8.35. The lowest BCUT2D eigenvalue weighted by Crippen LogP contribution is -2.21. The van der Waals surface area contributed by atoms with Crippen LogP contribution in [0.4, 0.5) is 26.3 Å². The van der Waals surface area contributed by atoms with Gasteiger partial charge in [-0.2, -0.15) is 26.3 Å². The number of hydrogen-bond acceptors (Lipinski definition) is 5. The fourth-order valence-corrected chi connectivity index (χ4v) is 5.47. The normalized spacial score (nSPS) is 12.3. The van der Waals surface area contributed by atoms with Gasteiger partial charge in [0.25, 0.3) is 0 Å². The van der Waals surface area contributed by atoms with Gasteiger partial charge < -0.3 is 21.3 Å². The lowest BCUT2D eigenvalue weighted by Gasteiger charge is -2.14. The number of nitrogens with two attached hydrogens (primary N) is 1. The van der Waals surface area contributed by atoms with Crippen molar-refractivity contribution in [3.63, 3.8) is 0 Å². The molecular formula is C44H40F6N2O3. The fraction of sp³-hybridized carbons (Fsp3) is 0.159. The molecule has 0 saturated carbocycles. The molecule has 2 atom stereocenters. The second-order valence-electron chi connectivity index (χ2n) is 12.2. The highest BCUT2D eigenvalue weighted by Crippen LogP contribution is 2.38. The van der Waals surface area contributed by atoms with Gasteiger partial charge in [0.15, 0.2) is 0 Å². The molecule has 0 heterocycles. The molecule has 0 bridgehead atoms. The van der Waals surface area contributed by atoms with Crippen molar-refractivity contribution < 1.29 is 41.4 Å². The van der Waals surface area contributed by atoms with E-state index >= 15 is 0 Å². The number of aldehydes is 1. The maximum absolute atomic E-state index is 13.2. The maximum atomic E-state index is 13.2. The predicted molar refractivity (Wildman–Crippen MR) is 203 cm³/mol. The van der Waals surface area contributed by atoms with Crippen LogP contribution in [0.5, 0.6) is 0 Å². The van der Waals surface area contributed by atoms with Crippen LogP contribution in [0.25, 0.3) is 22.3 Å². The summed E-state index contributed by atoms with van der Waals surface area (Å²) in [5, 5.41) is 22.5. The molecule has 0 fully saturated rings. The summed E-state index contributed by atoms with van der Waals surface area (Å²) in [5.41, 5.74) is 8.27. The van der Waals surface area contributed by atoms with Crippen molar-refractivity contribution in [2.75, 3.05) is 13.1 Å². The molecule has 2 unspecified atom stereocenters. The second kappa shape index (κ2) is 20.2. The van der Waals surface area contributed by atoms with Gasteiger partial charge in [-0.15, -0.1) is 0 Å².